The molecule has 1 amide bonds. The molecule has 0 atom stereocenters. The van der Waals surface area contributed by atoms with Crippen molar-refractivity contribution in [2.75, 3.05) is 0 Å². The molecule has 0 unspecified atom stereocenters. The highest BCUT2D eigenvalue weighted by molar-refractivity contribution is 5.64. The minimum absolute atomic E-state index is 0.252. The van der Waals surface area contributed by atoms with Gasteiger partial charge in [-0.15, -0.1) is 0 Å². The molecule has 2 aromatic rings. The maximum atomic E-state index is 10.4. The minimum Gasteiger partial charge on any atom is -0.465 e. The minimum atomic E-state index is -1.04. The van der Waals surface area contributed by atoms with Crippen LogP contribution in [0.1, 0.15) is 23.7 Å². The molecule has 0 aliphatic rings. The van der Waals surface area contributed by atoms with Crippen LogP contribution in [0.25, 0.3) is 5.57 Å². The highest BCUT2D eigenvalue weighted by Gasteiger charge is 2.02. The molecule has 0 radical (unpaired) electrons. The number of carbonyl (C=O) groups is 1. The van der Waals surface area contributed by atoms with Gasteiger partial charge < -0.3 is 10.4 Å². The zero-order chi connectivity index (χ0) is 14.5. The SMILES string of the molecule is C=C(C)c1ccc(Cn2cc(CNC(=O)O)cn2)cn1. The van der Waals surface area contributed by atoms with Crippen LogP contribution in [0.2, 0.25) is 0 Å². The van der Waals surface area contributed by atoms with Crippen LogP contribution in [-0.4, -0.2) is 26.0 Å². The van der Waals surface area contributed by atoms with Crippen LogP contribution in [0, 0.1) is 0 Å². The fraction of sp³-hybridized carbons (Fsp3) is 0.214. The van der Waals surface area contributed by atoms with Gasteiger partial charge in [0.15, 0.2) is 0 Å². The molecule has 6 heteroatoms. The Hall–Kier alpha value is -2.63. The molecule has 0 saturated heterocycles. The Bertz CT molecular complexity index is 616. The lowest BCUT2D eigenvalue weighted by Gasteiger charge is -2.03. The largest absolute Gasteiger partial charge is 0.465 e. The molecule has 20 heavy (non-hydrogen) atoms. The summed E-state index contributed by atoms with van der Waals surface area (Å²) >= 11 is 0. The van der Waals surface area contributed by atoms with Crippen molar-refractivity contribution in [2.24, 2.45) is 0 Å². The van der Waals surface area contributed by atoms with E-state index in [4.69, 9.17) is 5.11 Å². The molecule has 104 valence electrons. The summed E-state index contributed by atoms with van der Waals surface area (Å²) in [7, 11) is 0. The van der Waals surface area contributed by atoms with E-state index in [0.717, 1.165) is 22.4 Å². The van der Waals surface area contributed by atoms with E-state index in [-0.39, 0.29) is 6.54 Å². The van der Waals surface area contributed by atoms with E-state index in [9.17, 15) is 4.79 Å². The predicted molar refractivity (Wildman–Crippen MR) is 75.1 cm³/mol. The molecule has 0 aliphatic carbocycles. The Balaban J connectivity index is 1.99. The quantitative estimate of drug-likeness (QED) is 0.873. The van der Waals surface area contributed by atoms with E-state index >= 15 is 0 Å². The number of allylic oxidation sites excluding steroid dienone is 1. The maximum absolute atomic E-state index is 10.4. The van der Waals surface area contributed by atoms with Crippen LogP contribution >= 0.6 is 0 Å². The summed E-state index contributed by atoms with van der Waals surface area (Å²) in [6.07, 6.45) is 4.20. The summed E-state index contributed by atoms with van der Waals surface area (Å²) in [6, 6.07) is 3.90. The van der Waals surface area contributed by atoms with Gasteiger partial charge >= 0.3 is 6.09 Å². The number of hydrogen-bond acceptors (Lipinski definition) is 3. The van der Waals surface area contributed by atoms with Crippen LogP contribution in [0.15, 0.2) is 37.3 Å². The highest BCUT2D eigenvalue weighted by atomic mass is 16.4. The number of hydrogen-bond donors (Lipinski definition) is 2. The van der Waals surface area contributed by atoms with E-state index in [1.807, 2.05) is 25.3 Å². The Labute approximate surface area is 116 Å². The van der Waals surface area contributed by atoms with Crippen molar-refractivity contribution in [1.82, 2.24) is 20.1 Å². The lowest BCUT2D eigenvalue weighted by Crippen LogP contribution is -2.19. The van der Waals surface area contributed by atoms with Crippen LogP contribution in [0.4, 0.5) is 4.79 Å². The maximum Gasteiger partial charge on any atom is 0.404 e. The summed E-state index contributed by atoms with van der Waals surface area (Å²) in [5.41, 5.74) is 3.65. The normalized spacial score (nSPS) is 10.2. The molecule has 2 aromatic heterocycles. The standard InChI is InChI=1S/C14H16N4O2/c1-10(2)13-4-3-11(5-15-13)8-18-9-12(7-17-18)6-16-14(19)20/h3-5,7,9,16H,1,6,8H2,2H3,(H,19,20). The molecular formula is C14H16N4O2. The molecular weight excluding hydrogens is 256 g/mol. The Morgan fingerprint density at radius 3 is 2.80 bits per heavy atom. The van der Waals surface area contributed by atoms with E-state index in [1.165, 1.54) is 0 Å². The van der Waals surface area contributed by atoms with Crippen molar-refractivity contribution in [3.63, 3.8) is 0 Å². The first kappa shape index (κ1) is 13.8. The van der Waals surface area contributed by atoms with Gasteiger partial charge in [-0.1, -0.05) is 12.6 Å². The van der Waals surface area contributed by atoms with Gasteiger partial charge in [-0.2, -0.15) is 5.10 Å². The second-order valence-electron chi connectivity index (χ2n) is 4.54. The first-order valence-electron chi connectivity index (χ1n) is 6.13. The monoisotopic (exact) mass is 272 g/mol. The summed E-state index contributed by atoms with van der Waals surface area (Å²) in [5.74, 6) is 0. The lowest BCUT2D eigenvalue weighted by atomic mass is 10.2. The molecule has 2 heterocycles. The number of amides is 1. The first-order valence-corrected chi connectivity index (χ1v) is 6.13. The molecule has 6 nitrogen and oxygen atoms in total. The summed E-state index contributed by atoms with van der Waals surface area (Å²) in [4.78, 5) is 14.7. The van der Waals surface area contributed by atoms with E-state index in [2.05, 4.69) is 22.0 Å². The van der Waals surface area contributed by atoms with Crippen LogP contribution in [0.5, 0.6) is 0 Å². The fourth-order valence-corrected chi connectivity index (χ4v) is 1.72. The molecule has 0 spiro atoms. The Kier molecular flexibility index (Phi) is 4.14. The number of nitrogens with zero attached hydrogens (tertiary/aromatic N) is 3. The smallest absolute Gasteiger partial charge is 0.404 e. The number of rotatable bonds is 5. The lowest BCUT2D eigenvalue weighted by molar-refractivity contribution is 0.194. The molecule has 0 saturated carbocycles. The van der Waals surface area contributed by atoms with Crippen LogP contribution in [-0.2, 0) is 13.1 Å². The van der Waals surface area contributed by atoms with Gasteiger partial charge in [0.1, 0.15) is 0 Å². The zero-order valence-corrected chi connectivity index (χ0v) is 11.2. The molecule has 0 fully saturated rings. The van der Waals surface area contributed by atoms with Gasteiger partial charge in [0.05, 0.1) is 18.4 Å². The second-order valence-corrected chi connectivity index (χ2v) is 4.54. The summed E-state index contributed by atoms with van der Waals surface area (Å²) < 4.78 is 1.75. The molecule has 2 N–H and O–H groups in total. The van der Waals surface area contributed by atoms with Crippen molar-refractivity contribution in [3.8, 4) is 0 Å². The van der Waals surface area contributed by atoms with Gasteiger partial charge in [-0.05, 0) is 24.1 Å². The molecule has 0 aliphatic heterocycles. The molecule has 0 aromatic carbocycles. The van der Waals surface area contributed by atoms with Gasteiger partial charge in [0, 0.05) is 24.5 Å². The zero-order valence-electron chi connectivity index (χ0n) is 11.2. The second kappa shape index (κ2) is 6.01. The van der Waals surface area contributed by atoms with Gasteiger partial charge in [0.25, 0.3) is 0 Å². The number of nitrogens with one attached hydrogen (secondary N) is 1. The summed E-state index contributed by atoms with van der Waals surface area (Å²) in [5, 5.41) is 15.0. The van der Waals surface area contributed by atoms with Crippen molar-refractivity contribution < 1.29 is 9.90 Å². The van der Waals surface area contributed by atoms with Crippen molar-refractivity contribution in [1.29, 1.82) is 0 Å². The van der Waals surface area contributed by atoms with Crippen molar-refractivity contribution in [2.45, 2.75) is 20.0 Å². The third-order valence-electron chi connectivity index (χ3n) is 2.74. The summed E-state index contributed by atoms with van der Waals surface area (Å²) in [6.45, 7) is 6.60. The third kappa shape index (κ3) is 3.68. The van der Waals surface area contributed by atoms with Crippen molar-refractivity contribution in [3.05, 3.63) is 54.1 Å². The number of pyridine rings is 1. The van der Waals surface area contributed by atoms with E-state index in [0.29, 0.717) is 6.54 Å². The predicted octanol–water partition coefficient (Wildman–Crippen LogP) is 2.13. The van der Waals surface area contributed by atoms with Gasteiger partial charge in [-0.25, -0.2) is 4.79 Å². The number of carboxylic acid groups (broad SMARTS) is 1. The average molecular weight is 272 g/mol. The van der Waals surface area contributed by atoms with Crippen LogP contribution < -0.4 is 5.32 Å². The highest BCUT2D eigenvalue weighted by Crippen LogP contribution is 2.09. The first-order chi connectivity index (χ1) is 9.54. The molecule has 2 rings (SSSR count). The topological polar surface area (TPSA) is 80.0 Å². The Morgan fingerprint density at radius 1 is 1.40 bits per heavy atom. The fourth-order valence-electron chi connectivity index (χ4n) is 1.72. The van der Waals surface area contributed by atoms with Gasteiger partial charge in [-0.3, -0.25) is 9.67 Å². The molecule has 0 bridgehead atoms. The van der Waals surface area contributed by atoms with E-state index < -0.39 is 6.09 Å². The number of aromatic nitrogens is 3. The van der Waals surface area contributed by atoms with Crippen molar-refractivity contribution >= 4 is 11.7 Å². The Morgan fingerprint density at radius 2 is 2.20 bits per heavy atom. The van der Waals surface area contributed by atoms with Gasteiger partial charge in [0.2, 0.25) is 0 Å². The average Bonchev–Trinajstić information content (AvgIpc) is 2.84. The van der Waals surface area contributed by atoms with Crippen LogP contribution in [0.3, 0.4) is 0 Å². The third-order valence-corrected chi connectivity index (χ3v) is 2.74. The van der Waals surface area contributed by atoms with E-state index in [1.54, 1.807) is 17.1 Å².